The molecule has 4 nitrogen and oxygen atoms in total. The zero-order valence-electron chi connectivity index (χ0n) is 11.1. The molecule has 4 heteroatoms. The van der Waals surface area contributed by atoms with Crippen LogP contribution >= 0.6 is 0 Å². The summed E-state index contributed by atoms with van der Waals surface area (Å²) in [4.78, 5) is 2.58. The molecule has 0 spiro atoms. The van der Waals surface area contributed by atoms with Crippen LogP contribution in [-0.4, -0.2) is 40.9 Å². The van der Waals surface area contributed by atoms with Crippen LogP contribution in [-0.2, 0) is 7.05 Å². The summed E-state index contributed by atoms with van der Waals surface area (Å²) in [5.41, 5.74) is 1.31. The second-order valence-electron chi connectivity index (χ2n) is 5.67. The van der Waals surface area contributed by atoms with E-state index < -0.39 is 0 Å². The van der Waals surface area contributed by atoms with Gasteiger partial charge in [0, 0.05) is 37.9 Å². The van der Waals surface area contributed by atoms with Crippen LogP contribution in [0.15, 0.2) is 6.20 Å². The molecule has 0 radical (unpaired) electrons. The second-order valence-corrected chi connectivity index (χ2v) is 5.67. The second kappa shape index (κ2) is 3.73. The van der Waals surface area contributed by atoms with Crippen LogP contribution in [0.3, 0.4) is 0 Å². The minimum Gasteiger partial charge on any atom is -0.480 e. The molecule has 1 aliphatic heterocycles. The summed E-state index contributed by atoms with van der Waals surface area (Å²) in [6, 6.07) is 0.680. The molecule has 1 saturated carbocycles. The lowest BCUT2D eigenvalue weighted by Gasteiger charge is -2.23. The first-order chi connectivity index (χ1) is 8.11. The lowest BCUT2D eigenvalue weighted by Crippen LogP contribution is -2.30. The van der Waals surface area contributed by atoms with Gasteiger partial charge in [-0.3, -0.25) is 4.68 Å². The first-order valence-corrected chi connectivity index (χ1v) is 6.43. The molecule has 0 N–H and O–H groups in total. The fraction of sp³-hybridized carbons (Fsp3) is 0.769. The summed E-state index contributed by atoms with van der Waals surface area (Å²) in [5, 5.41) is 4.35. The van der Waals surface area contributed by atoms with Crippen molar-refractivity contribution >= 4 is 0 Å². The monoisotopic (exact) mass is 235 g/mol. The van der Waals surface area contributed by atoms with Gasteiger partial charge in [0.25, 0.3) is 0 Å². The van der Waals surface area contributed by atoms with Gasteiger partial charge in [0.05, 0.1) is 7.11 Å². The maximum Gasteiger partial charge on any atom is 0.235 e. The quantitative estimate of drug-likeness (QED) is 0.795. The Hall–Kier alpha value is -1.03. The molecule has 94 valence electrons. The van der Waals surface area contributed by atoms with E-state index in [-0.39, 0.29) is 0 Å². The molecule has 2 heterocycles. The number of hydrogen-bond donors (Lipinski definition) is 0. The highest BCUT2D eigenvalue weighted by molar-refractivity contribution is 5.36. The molecule has 0 bridgehead atoms. The zero-order valence-corrected chi connectivity index (χ0v) is 11.1. The molecule has 1 aromatic rings. The van der Waals surface area contributed by atoms with Gasteiger partial charge in [-0.1, -0.05) is 0 Å². The van der Waals surface area contributed by atoms with E-state index in [4.69, 9.17) is 4.74 Å². The Kier molecular flexibility index (Phi) is 2.43. The minimum absolute atomic E-state index is 0.680. The third kappa shape index (κ3) is 1.66. The Morgan fingerprint density at radius 1 is 1.35 bits per heavy atom. The minimum atomic E-state index is 0.680. The third-order valence-corrected chi connectivity index (χ3v) is 4.33. The van der Waals surface area contributed by atoms with E-state index in [1.54, 1.807) is 7.11 Å². The Morgan fingerprint density at radius 2 is 2.00 bits per heavy atom. The van der Waals surface area contributed by atoms with Gasteiger partial charge in [-0.25, -0.2) is 0 Å². The molecule has 0 amide bonds. The van der Waals surface area contributed by atoms with Crippen molar-refractivity contribution < 1.29 is 4.74 Å². The first-order valence-electron chi connectivity index (χ1n) is 6.43. The molecule has 2 atom stereocenters. The van der Waals surface area contributed by atoms with Crippen molar-refractivity contribution in [3.8, 4) is 5.88 Å². The van der Waals surface area contributed by atoms with Crippen LogP contribution < -0.4 is 4.74 Å². The topological polar surface area (TPSA) is 30.3 Å². The molecule has 1 aromatic heterocycles. The van der Waals surface area contributed by atoms with Gasteiger partial charge in [0.15, 0.2) is 0 Å². The lowest BCUT2D eigenvalue weighted by atomic mass is 10.1. The molecular formula is C13H21N3O. The largest absolute Gasteiger partial charge is 0.480 e. The van der Waals surface area contributed by atoms with E-state index in [9.17, 15) is 0 Å². The van der Waals surface area contributed by atoms with Crippen molar-refractivity contribution in [1.82, 2.24) is 14.7 Å². The highest BCUT2D eigenvalue weighted by Gasteiger charge is 2.57. The number of rotatable bonds is 3. The lowest BCUT2D eigenvalue weighted by molar-refractivity contribution is 0.242. The molecule has 2 unspecified atom stereocenters. The van der Waals surface area contributed by atoms with Gasteiger partial charge in [0.1, 0.15) is 0 Å². The molecular weight excluding hydrogens is 214 g/mol. The van der Waals surface area contributed by atoms with E-state index in [1.165, 1.54) is 18.7 Å². The normalized spacial score (nSPS) is 31.9. The van der Waals surface area contributed by atoms with Crippen molar-refractivity contribution in [3.05, 3.63) is 11.8 Å². The fourth-order valence-electron chi connectivity index (χ4n) is 3.32. The zero-order chi connectivity index (χ0) is 12.2. The average molecular weight is 235 g/mol. The standard InChI is InChI=1S/C13H21N3O/c1-8(2)16-6-9-10(7-16)12(9)11-5-15(3)14-13(11)17-4/h5,8-10,12H,6-7H2,1-4H3. The van der Waals surface area contributed by atoms with Crippen LogP contribution in [0.1, 0.15) is 25.3 Å². The van der Waals surface area contributed by atoms with Gasteiger partial charge in [-0.2, -0.15) is 0 Å². The summed E-state index contributed by atoms with van der Waals surface area (Å²) in [6.07, 6.45) is 2.13. The number of fused-ring (bicyclic) bond motifs is 1. The summed E-state index contributed by atoms with van der Waals surface area (Å²) >= 11 is 0. The van der Waals surface area contributed by atoms with Crippen molar-refractivity contribution in [2.75, 3.05) is 20.2 Å². The molecule has 17 heavy (non-hydrogen) atoms. The molecule has 2 fully saturated rings. The number of methoxy groups -OCH3 is 1. The van der Waals surface area contributed by atoms with E-state index in [2.05, 4.69) is 30.0 Å². The highest BCUT2D eigenvalue weighted by Crippen LogP contribution is 2.59. The van der Waals surface area contributed by atoms with Crippen molar-refractivity contribution in [1.29, 1.82) is 0 Å². The predicted molar refractivity (Wildman–Crippen MR) is 66.2 cm³/mol. The highest BCUT2D eigenvalue weighted by atomic mass is 16.5. The van der Waals surface area contributed by atoms with Crippen LogP contribution in [0.2, 0.25) is 0 Å². The Labute approximate surface area is 103 Å². The van der Waals surface area contributed by atoms with Crippen LogP contribution in [0.25, 0.3) is 0 Å². The molecule has 2 aliphatic rings. The van der Waals surface area contributed by atoms with Gasteiger partial charge in [0.2, 0.25) is 5.88 Å². The van der Waals surface area contributed by atoms with Gasteiger partial charge in [-0.05, 0) is 31.6 Å². The van der Waals surface area contributed by atoms with Crippen molar-refractivity contribution in [3.63, 3.8) is 0 Å². The number of likely N-dealkylation sites (tertiary alicyclic amines) is 1. The number of aromatic nitrogens is 2. The van der Waals surface area contributed by atoms with E-state index in [1.807, 2.05) is 11.7 Å². The Balaban J connectivity index is 1.74. The first kappa shape index (κ1) is 11.1. The van der Waals surface area contributed by atoms with E-state index in [0.717, 1.165) is 17.7 Å². The summed E-state index contributed by atoms with van der Waals surface area (Å²) < 4.78 is 7.22. The molecule has 3 rings (SSSR count). The average Bonchev–Trinajstić information content (AvgIpc) is 2.66. The summed E-state index contributed by atoms with van der Waals surface area (Å²) in [7, 11) is 3.68. The number of piperidine rings is 1. The maximum atomic E-state index is 5.36. The van der Waals surface area contributed by atoms with Crippen molar-refractivity contribution in [2.24, 2.45) is 18.9 Å². The number of ether oxygens (including phenoxy) is 1. The maximum absolute atomic E-state index is 5.36. The Bertz CT molecular complexity index is 414. The summed E-state index contributed by atoms with van der Waals surface area (Å²) in [6.45, 7) is 7.05. The number of nitrogens with zero attached hydrogens (tertiary/aromatic N) is 3. The van der Waals surface area contributed by atoms with Crippen LogP contribution in [0.5, 0.6) is 5.88 Å². The van der Waals surface area contributed by atoms with Gasteiger partial charge >= 0.3 is 0 Å². The SMILES string of the molecule is COc1nn(C)cc1C1C2CN(C(C)C)CC21. The molecule has 1 saturated heterocycles. The van der Waals surface area contributed by atoms with Crippen molar-refractivity contribution in [2.45, 2.75) is 25.8 Å². The Morgan fingerprint density at radius 3 is 2.53 bits per heavy atom. The molecule has 0 aromatic carbocycles. The number of aryl methyl sites for hydroxylation is 1. The number of hydrogen-bond acceptors (Lipinski definition) is 3. The van der Waals surface area contributed by atoms with E-state index in [0.29, 0.717) is 12.0 Å². The van der Waals surface area contributed by atoms with Gasteiger partial charge < -0.3 is 9.64 Å². The summed E-state index contributed by atoms with van der Waals surface area (Å²) in [5.74, 6) is 3.17. The molecule has 1 aliphatic carbocycles. The van der Waals surface area contributed by atoms with Gasteiger partial charge in [-0.15, -0.1) is 5.10 Å². The van der Waals surface area contributed by atoms with E-state index >= 15 is 0 Å². The fourth-order valence-corrected chi connectivity index (χ4v) is 3.32. The third-order valence-electron chi connectivity index (χ3n) is 4.33. The smallest absolute Gasteiger partial charge is 0.235 e. The van der Waals surface area contributed by atoms with Crippen LogP contribution in [0, 0.1) is 11.8 Å². The van der Waals surface area contributed by atoms with Crippen LogP contribution in [0.4, 0.5) is 0 Å². The predicted octanol–water partition coefficient (Wildman–Crippen LogP) is 1.48.